The Morgan fingerprint density at radius 3 is 2.70 bits per heavy atom. The van der Waals surface area contributed by atoms with E-state index in [0.29, 0.717) is 5.56 Å². The third-order valence-electron chi connectivity index (χ3n) is 4.02. The number of hydrogen-bond donors (Lipinski definition) is 2. The number of rotatable bonds is 7. The molecule has 0 saturated carbocycles. The van der Waals surface area contributed by atoms with Crippen LogP contribution in [0, 0.1) is 11.3 Å². The summed E-state index contributed by atoms with van der Waals surface area (Å²) in [5, 5.41) is 21.4. The Balaban J connectivity index is 2.05. The van der Waals surface area contributed by atoms with Crippen LogP contribution in [0.4, 0.5) is 4.79 Å². The fourth-order valence-corrected chi connectivity index (χ4v) is 2.75. The molecule has 0 aromatic heterocycles. The lowest BCUT2D eigenvalue weighted by Gasteiger charge is -2.29. The zero-order chi connectivity index (χ0) is 22.3. The Labute approximate surface area is 174 Å². The predicted octanol–water partition coefficient (Wildman–Crippen LogP) is 1.49. The van der Waals surface area contributed by atoms with Crippen LogP contribution < -0.4 is 9.97 Å². The van der Waals surface area contributed by atoms with Gasteiger partial charge in [0.05, 0.1) is 18.1 Å². The number of para-hydroxylation sites is 1. The van der Waals surface area contributed by atoms with Gasteiger partial charge >= 0.3 is 19.2 Å². The number of nitrogens with zero attached hydrogens (tertiary/aromatic N) is 1. The maximum Gasteiger partial charge on any atom is 0.547 e. The lowest BCUT2D eigenvalue weighted by Crippen LogP contribution is -2.53. The third kappa shape index (κ3) is 6.38. The molecule has 1 aromatic rings. The highest BCUT2D eigenvalue weighted by Crippen LogP contribution is 2.31. The van der Waals surface area contributed by atoms with Gasteiger partial charge in [0.25, 0.3) is 0 Å². The Morgan fingerprint density at radius 2 is 2.03 bits per heavy atom. The lowest BCUT2D eigenvalue weighted by molar-refractivity contribution is -0.121. The monoisotopic (exact) mass is 418 g/mol. The largest absolute Gasteiger partial charge is 0.547 e. The number of hydrogen-bond acceptors (Lipinski definition) is 9. The molecule has 0 fully saturated rings. The van der Waals surface area contributed by atoms with Crippen LogP contribution >= 0.6 is 0 Å². The summed E-state index contributed by atoms with van der Waals surface area (Å²) in [5.74, 6) is -1.82. The van der Waals surface area contributed by atoms with E-state index in [1.807, 2.05) is 6.07 Å². The molecule has 1 aliphatic rings. The average molecular weight is 418 g/mol. The Kier molecular flexibility index (Phi) is 8.06. The molecular formula is C19H23BN2O8. The van der Waals surface area contributed by atoms with Gasteiger partial charge in [-0.2, -0.15) is 5.26 Å². The van der Waals surface area contributed by atoms with Crippen LogP contribution in [0.15, 0.2) is 18.2 Å². The summed E-state index contributed by atoms with van der Waals surface area (Å²) < 4.78 is 20.2. The minimum Gasteiger partial charge on any atom is -0.534 e. The van der Waals surface area contributed by atoms with E-state index in [1.54, 1.807) is 26.0 Å². The molecule has 0 aliphatic carbocycles. The van der Waals surface area contributed by atoms with Gasteiger partial charge in [-0.05, 0) is 31.9 Å². The molecule has 0 unspecified atom stereocenters. The second-order valence-electron chi connectivity index (χ2n) is 6.85. The Morgan fingerprint density at radius 1 is 1.30 bits per heavy atom. The van der Waals surface area contributed by atoms with E-state index >= 15 is 0 Å². The summed E-state index contributed by atoms with van der Waals surface area (Å²) >= 11 is 0. The minimum absolute atomic E-state index is 0.00999. The van der Waals surface area contributed by atoms with E-state index < -0.39 is 31.5 Å². The zero-order valence-corrected chi connectivity index (χ0v) is 16.9. The number of carbonyl (C=O) groups excluding carboxylic acids is 3. The summed E-state index contributed by atoms with van der Waals surface area (Å²) in [6.07, 6.45) is -2.28. The quantitative estimate of drug-likeness (QED) is 0.382. The lowest BCUT2D eigenvalue weighted by atomic mass is 9.72. The zero-order valence-electron chi connectivity index (χ0n) is 16.9. The third-order valence-corrected chi connectivity index (χ3v) is 4.02. The van der Waals surface area contributed by atoms with Gasteiger partial charge in [-0.25, -0.2) is 9.59 Å². The topological polar surface area (TPSA) is 144 Å². The maximum absolute atomic E-state index is 12.5. The van der Waals surface area contributed by atoms with Crippen molar-refractivity contribution in [3.8, 4) is 11.8 Å². The number of nitrogens with one attached hydrogen (secondary N) is 1. The van der Waals surface area contributed by atoms with Crippen LogP contribution in [0.25, 0.3) is 0 Å². The SMILES string of the molecule is CC(C)OC(=O)O[C@H](C)OC(=O)c1cccc2c1OB(O)[C@@H](NC(=O)CCC#N)C2. The van der Waals surface area contributed by atoms with Crippen molar-refractivity contribution in [2.75, 3.05) is 0 Å². The van der Waals surface area contributed by atoms with Crippen molar-refractivity contribution in [3.05, 3.63) is 29.3 Å². The highest BCUT2D eigenvalue weighted by Gasteiger charge is 2.38. The molecule has 11 heteroatoms. The fourth-order valence-electron chi connectivity index (χ4n) is 2.75. The van der Waals surface area contributed by atoms with Crippen molar-refractivity contribution >= 4 is 25.2 Å². The summed E-state index contributed by atoms with van der Waals surface area (Å²) in [7, 11) is -1.40. The first-order chi connectivity index (χ1) is 14.2. The Bertz CT molecular complexity index is 838. The molecule has 1 heterocycles. The molecule has 160 valence electrons. The number of nitriles is 1. The van der Waals surface area contributed by atoms with Gasteiger partial charge in [0, 0.05) is 19.8 Å². The number of fused-ring (bicyclic) bond motifs is 1. The van der Waals surface area contributed by atoms with Crippen molar-refractivity contribution in [2.45, 2.75) is 58.4 Å². The van der Waals surface area contributed by atoms with Gasteiger partial charge in [-0.1, -0.05) is 12.1 Å². The second kappa shape index (κ2) is 10.5. The molecule has 0 bridgehead atoms. The van der Waals surface area contributed by atoms with E-state index in [9.17, 15) is 19.4 Å². The minimum atomic E-state index is -1.40. The molecule has 1 aromatic carbocycles. The molecule has 2 atom stereocenters. The van der Waals surface area contributed by atoms with Gasteiger partial charge in [-0.15, -0.1) is 0 Å². The van der Waals surface area contributed by atoms with Crippen molar-refractivity contribution < 1.29 is 38.3 Å². The number of benzene rings is 1. The molecule has 1 aliphatic heterocycles. The molecule has 1 amide bonds. The van der Waals surface area contributed by atoms with E-state index in [4.69, 9.17) is 24.1 Å². The van der Waals surface area contributed by atoms with Crippen LogP contribution in [0.5, 0.6) is 5.75 Å². The van der Waals surface area contributed by atoms with Gasteiger partial charge in [0.1, 0.15) is 11.3 Å². The van der Waals surface area contributed by atoms with Gasteiger partial charge in [-0.3, -0.25) is 4.79 Å². The van der Waals surface area contributed by atoms with Gasteiger partial charge < -0.3 is 29.2 Å². The summed E-state index contributed by atoms with van der Waals surface area (Å²) in [6, 6.07) is 6.60. The Hall–Kier alpha value is -3.26. The van der Waals surface area contributed by atoms with E-state index in [2.05, 4.69) is 5.32 Å². The van der Waals surface area contributed by atoms with Crippen LogP contribution in [0.3, 0.4) is 0 Å². The first-order valence-electron chi connectivity index (χ1n) is 9.42. The second-order valence-corrected chi connectivity index (χ2v) is 6.85. The summed E-state index contributed by atoms with van der Waals surface area (Å²) in [5.41, 5.74) is 0.613. The van der Waals surface area contributed by atoms with Crippen molar-refractivity contribution in [1.29, 1.82) is 5.26 Å². The first kappa shape index (κ1) is 23.0. The summed E-state index contributed by atoms with van der Waals surface area (Å²) in [4.78, 5) is 35.8. The summed E-state index contributed by atoms with van der Waals surface area (Å²) in [6.45, 7) is 4.66. The van der Waals surface area contributed by atoms with Crippen molar-refractivity contribution in [3.63, 3.8) is 0 Å². The molecule has 10 nitrogen and oxygen atoms in total. The van der Waals surface area contributed by atoms with E-state index in [1.165, 1.54) is 13.0 Å². The molecule has 0 spiro atoms. The highest BCUT2D eigenvalue weighted by atomic mass is 16.8. The van der Waals surface area contributed by atoms with Crippen LogP contribution in [0.2, 0.25) is 0 Å². The molecule has 2 rings (SSSR count). The number of ether oxygens (including phenoxy) is 3. The molecule has 2 N–H and O–H groups in total. The van der Waals surface area contributed by atoms with E-state index in [-0.39, 0.29) is 42.6 Å². The molecule has 0 radical (unpaired) electrons. The van der Waals surface area contributed by atoms with Crippen LogP contribution in [-0.4, -0.2) is 48.5 Å². The highest BCUT2D eigenvalue weighted by molar-refractivity contribution is 6.47. The first-order valence-corrected chi connectivity index (χ1v) is 9.42. The maximum atomic E-state index is 12.5. The number of esters is 1. The molecule has 0 saturated heterocycles. The number of amides is 1. The molecule has 30 heavy (non-hydrogen) atoms. The smallest absolute Gasteiger partial charge is 0.534 e. The van der Waals surface area contributed by atoms with Crippen LogP contribution in [0.1, 0.15) is 49.5 Å². The van der Waals surface area contributed by atoms with Crippen molar-refractivity contribution in [2.24, 2.45) is 0 Å². The van der Waals surface area contributed by atoms with Crippen LogP contribution in [-0.2, 0) is 25.4 Å². The van der Waals surface area contributed by atoms with Crippen molar-refractivity contribution in [1.82, 2.24) is 5.32 Å². The number of carbonyl (C=O) groups is 3. The predicted molar refractivity (Wildman–Crippen MR) is 103 cm³/mol. The normalized spacial score (nSPS) is 15.9. The van der Waals surface area contributed by atoms with E-state index in [0.717, 1.165) is 0 Å². The van der Waals surface area contributed by atoms with Gasteiger partial charge in [0.15, 0.2) is 0 Å². The fraction of sp³-hybridized carbons (Fsp3) is 0.474. The standard InChI is InChI=1S/C19H23BN2O8/c1-11(2)27-19(25)29-12(3)28-18(24)14-7-4-6-13-10-15(20(26)30-17(13)14)22-16(23)8-5-9-21/h4,6-7,11-12,15,26H,5,8,10H2,1-3H3,(H,22,23)/t12-,15+/m1/s1. The molecular weight excluding hydrogens is 395 g/mol. The average Bonchev–Trinajstić information content (AvgIpc) is 2.65. The van der Waals surface area contributed by atoms with Gasteiger partial charge in [0.2, 0.25) is 12.2 Å².